The van der Waals surface area contributed by atoms with Gasteiger partial charge in [0.15, 0.2) is 0 Å². The van der Waals surface area contributed by atoms with E-state index in [1.807, 2.05) is 0 Å². The number of hydrogen-bond donors (Lipinski definition) is 1. The lowest BCUT2D eigenvalue weighted by Gasteiger charge is -2.54. The number of rotatable bonds is 1. The van der Waals surface area contributed by atoms with Crippen molar-refractivity contribution in [3.63, 3.8) is 0 Å². The van der Waals surface area contributed by atoms with E-state index in [9.17, 15) is 0 Å². The van der Waals surface area contributed by atoms with Crippen molar-refractivity contribution in [2.75, 3.05) is 13.7 Å². The average molecular weight is 155 g/mol. The van der Waals surface area contributed by atoms with Gasteiger partial charge in [-0.3, -0.25) is 0 Å². The van der Waals surface area contributed by atoms with E-state index in [0.717, 1.165) is 12.5 Å². The topological polar surface area (TPSA) is 21.3 Å². The van der Waals surface area contributed by atoms with Gasteiger partial charge in [0.05, 0.1) is 6.10 Å². The fraction of sp³-hybridized carbons (Fsp3) is 1.00. The Hall–Kier alpha value is -0.0800. The third-order valence-corrected chi connectivity index (χ3v) is 3.41. The van der Waals surface area contributed by atoms with Crippen LogP contribution in [-0.4, -0.2) is 25.8 Å². The van der Waals surface area contributed by atoms with Crippen molar-refractivity contribution in [3.8, 4) is 0 Å². The van der Waals surface area contributed by atoms with Crippen LogP contribution in [0, 0.1) is 11.3 Å². The number of hydrogen-bond acceptors (Lipinski definition) is 2. The first-order valence-electron chi connectivity index (χ1n) is 4.47. The van der Waals surface area contributed by atoms with Crippen LogP contribution in [0.25, 0.3) is 0 Å². The molecule has 2 heteroatoms. The van der Waals surface area contributed by atoms with Gasteiger partial charge in [-0.05, 0) is 13.5 Å². The number of nitrogens with one attached hydrogen (secondary N) is 1. The summed E-state index contributed by atoms with van der Waals surface area (Å²) in [5.41, 5.74) is 0.357. The number of ether oxygens (including phenoxy) is 1. The molecule has 11 heavy (non-hydrogen) atoms. The lowest BCUT2D eigenvalue weighted by Crippen LogP contribution is -2.65. The second-order valence-electron chi connectivity index (χ2n) is 4.33. The largest absolute Gasteiger partial charge is 0.377 e. The molecule has 2 nitrogen and oxygen atoms in total. The van der Waals surface area contributed by atoms with E-state index >= 15 is 0 Å². The molecule has 1 aliphatic carbocycles. The van der Waals surface area contributed by atoms with Crippen molar-refractivity contribution >= 4 is 0 Å². The van der Waals surface area contributed by atoms with Crippen LogP contribution in [-0.2, 0) is 4.74 Å². The molecule has 1 saturated heterocycles. The smallest absolute Gasteiger partial charge is 0.0685 e. The zero-order chi connectivity index (χ0) is 8.06. The molecule has 1 saturated carbocycles. The Morgan fingerprint density at radius 2 is 2.18 bits per heavy atom. The minimum Gasteiger partial charge on any atom is -0.377 e. The molecule has 64 valence electrons. The van der Waals surface area contributed by atoms with Gasteiger partial charge in [0.2, 0.25) is 0 Å². The van der Waals surface area contributed by atoms with Crippen LogP contribution in [0.15, 0.2) is 0 Å². The van der Waals surface area contributed by atoms with Crippen LogP contribution in [0.5, 0.6) is 0 Å². The molecule has 0 aromatic carbocycles. The second kappa shape index (κ2) is 2.20. The average Bonchev–Trinajstić information content (AvgIpc) is 2.34. The van der Waals surface area contributed by atoms with Gasteiger partial charge in [-0.15, -0.1) is 0 Å². The number of fused-ring (bicyclic) bond motifs is 1. The van der Waals surface area contributed by atoms with Crippen LogP contribution >= 0.6 is 0 Å². The quantitative estimate of drug-likeness (QED) is 0.610. The summed E-state index contributed by atoms with van der Waals surface area (Å²) in [5, 5.41) is 3.38. The van der Waals surface area contributed by atoms with Crippen LogP contribution in [0.3, 0.4) is 0 Å². The molecule has 0 amide bonds. The van der Waals surface area contributed by atoms with Crippen molar-refractivity contribution < 1.29 is 4.74 Å². The monoisotopic (exact) mass is 155 g/mol. The predicted molar refractivity (Wildman–Crippen MR) is 44.5 cm³/mol. The minimum atomic E-state index is 0.357. The third-order valence-electron chi connectivity index (χ3n) is 3.41. The maximum atomic E-state index is 5.66. The zero-order valence-electron chi connectivity index (χ0n) is 7.55. The Bertz CT molecular complexity index is 167. The fourth-order valence-electron chi connectivity index (χ4n) is 2.91. The molecule has 0 spiro atoms. The minimum absolute atomic E-state index is 0.357. The summed E-state index contributed by atoms with van der Waals surface area (Å²) in [6.45, 7) is 5.55. The van der Waals surface area contributed by atoms with E-state index < -0.39 is 0 Å². The Labute approximate surface area is 68.3 Å². The van der Waals surface area contributed by atoms with Gasteiger partial charge in [0.25, 0.3) is 0 Å². The lowest BCUT2D eigenvalue weighted by atomic mass is 9.57. The molecule has 2 rings (SSSR count). The van der Waals surface area contributed by atoms with E-state index in [1.165, 1.54) is 6.42 Å². The molecule has 3 atom stereocenters. The fourth-order valence-corrected chi connectivity index (χ4v) is 2.91. The van der Waals surface area contributed by atoms with Crippen molar-refractivity contribution in [2.45, 2.75) is 32.4 Å². The first-order chi connectivity index (χ1) is 5.18. The third kappa shape index (κ3) is 0.798. The molecule has 1 N–H and O–H groups in total. The first kappa shape index (κ1) is 7.56. The predicted octanol–water partition coefficient (Wildman–Crippen LogP) is 1.02. The SMILES string of the molecule is CNC1[C@@H]2CCO[C@@H]2C1(C)C. The van der Waals surface area contributed by atoms with Gasteiger partial charge in [-0.2, -0.15) is 0 Å². The standard InChI is InChI=1S/C9H17NO/c1-9(2)7(10-3)6-4-5-11-8(6)9/h6-8,10H,4-5H2,1-3H3/t6-,7?,8-/m0/s1. The molecule has 1 aliphatic heterocycles. The molecule has 2 fully saturated rings. The van der Waals surface area contributed by atoms with E-state index in [0.29, 0.717) is 17.6 Å². The molecule has 2 aliphatic rings. The van der Waals surface area contributed by atoms with Gasteiger partial charge in [0.1, 0.15) is 0 Å². The molecule has 1 heterocycles. The highest BCUT2D eigenvalue weighted by Gasteiger charge is 2.58. The summed E-state index contributed by atoms with van der Waals surface area (Å²) < 4.78 is 5.66. The van der Waals surface area contributed by atoms with Gasteiger partial charge in [-0.25, -0.2) is 0 Å². The van der Waals surface area contributed by atoms with Crippen LogP contribution < -0.4 is 5.32 Å². The summed E-state index contributed by atoms with van der Waals surface area (Å²) >= 11 is 0. The Morgan fingerprint density at radius 3 is 2.82 bits per heavy atom. The van der Waals surface area contributed by atoms with Gasteiger partial charge in [0, 0.05) is 24.0 Å². The van der Waals surface area contributed by atoms with Gasteiger partial charge in [-0.1, -0.05) is 13.8 Å². The van der Waals surface area contributed by atoms with Crippen LogP contribution in [0.4, 0.5) is 0 Å². The van der Waals surface area contributed by atoms with E-state index in [-0.39, 0.29) is 0 Å². The van der Waals surface area contributed by atoms with Crippen molar-refractivity contribution in [1.29, 1.82) is 0 Å². The molecular formula is C9H17NO. The second-order valence-corrected chi connectivity index (χ2v) is 4.33. The Balaban J connectivity index is 2.12. The van der Waals surface area contributed by atoms with Crippen molar-refractivity contribution in [1.82, 2.24) is 5.32 Å². The first-order valence-corrected chi connectivity index (χ1v) is 4.47. The molecular weight excluding hydrogens is 138 g/mol. The van der Waals surface area contributed by atoms with Gasteiger partial charge < -0.3 is 10.1 Å². The highest BCUT2D eigenvalue weighted by Crippen LogP contribution is 2.51. The summed E-state index contributed by atoms with van der Waals surface area (Å²) in [5.74, 6) is 0.787. The Morgan fingerprint density at radius 1 is 1.45 bits per heavy atom. The molecule has 0 aromatic heterocycles. The normalized spacial score (nSPS) is 46.6. The van der Waals surface area contributed by atoms with Crippen LogP contribution in [0.1, 0.15) is 20.3 Å². The van der Waals surface area contributed by atoms with Crippen molar-refractivity contribution in [2.24, 2.45) is 11.3 Å². The molecule has 1 unspecified atom stereocenters. The zero-order valence-corrected chi connectivity index (χ0v) is 7.55. The van der Waals surface area contributed by atoms with E-state index in [4.69, 9.17) is 4.74 Å². The summed E-state index contributed by atoms with van der Waals surface area (Å²) in [7, 11) is 2.06. The van der Waals surface area contributed by atoms with Crippen LogP contribution in [0.2, 0.25) is 0 Å². The Kier molecular flexibility index (Phi) is 1.52. The van der Waals surface area contributed by atoms with E-state index in [1.54, 1.807) is 0 Å². The van der Waals surface area contributed by atoms with Gasteiger partial charge >= 0.3 is 0 Å². The summed E-state index contributed by atoms with van der Waals surface area (Å²) in [6, 6.07) is 0.676. The maximum Gasteiger partial charge on any atom is 0.0685 e. The molecule has 0 bridgehead atoms. The van der Waals surface area contributed by atoms with E-state index in [2.05, 4.69) is 26.2 Å². The lowest BCUT2D eigenvalue weighted by molar-refractivity contribution is -0.110. The summed E-state index contributed by atoms with van der Waals surface area (Å²) in [6.07, 6.45) is 1.78. The maximum absolute atomic E-state index is 5.66. The highest BCUT2D eigenvalue weighted by atomic mass is 16.5. The highest BCUT2D eigenvalue weighted by molar-refractivity contribution is 5.10. The molecule has 0 radical (unpaired) electrons. The molecule has 0 aromatic rings. The summed E-state index contributed by atoms with van der Waals surface area (Å²) in [4.78, 5) is 0. The van der Waals surface area contributed by atoms with Crippen molar-refractivity contribution in [3.05, 3.63) is 0 Å².